The van der Waals surface area contributed by atoms with Gasteiger partial charge in [-0.05, 0) is 48.8 Å². The first kappa shape index (κ1) is 16.2. The Morgan fingerprint density at radius 2 is 2.05 bits per heavy atom. The van der Waals surface area contributed by atoms with Crippen molar-refractivity contribution in [1.82, 2.24) is 5.32 Å². The molecular weight excluding hydrogens is 284 g/mol. The van der Waals surface area contributed by atoms with Crippen LogP contribution < -0.4 is 11.1 Å². The Kier molecular flexibility index (Phi) is 5.15. The fourth-order valence-corrected chi connectivity index (χ4v) is 3.73. The lowest BCUT2D eigenvalue weighted by Crippen LogP contribution is -2.37. The summed E-state index contributed by atoms with van der Waals surface area (Å²) in [5.41, 5.74) is 7.09. The minimum Gasteiger partial charge on any atom is -0.398 e. The summed E-state index contributed by atoms with van der Waals surface area (Å²) >= 11 is 5.87. The van der Waals surface area contributed by atoms with Gasteiger partial charge in [0.15, 0.2) is 0 Å². The number of nitrogens with one attached hydrogen (secondary N) is 1. The molecule has 116 valence electrons. The van der Waals surface area contributed by atoms with Crippen LogP contribution in [0.2, 0.25) is 5.02 Å². The zero-order valence-electron chi connectivity index (χ0n) is 12.9. The fourth-order valence-electron chi connectivity index (χ4n) is 3.55. The van der Waals surface area contributed by atoms with Crippen LogP contribution in [0.4, 0.5) is 5.69 Å². The summed E-state index contributed by atoms with van der Waals surface area (Å²) in [5, 5.41) is 3.64. The van der Waals surface area contributed by atoms with E-state index in [-0.39, 0.29) is 11.3 Å². The van der Waals surface area contributed by atoms with Crippen LogP contribution in [0.15, 0.2) is 18.2 Å². The minimum atomic E-state index is -0.0980. The van der Waals surface area contributed by atoms with E-state index in [0.29, 0.717) is 22.2 Å². The number of hydrogen-bond donors (Lipinski definition) is 2. The Morgan fingerprint density at radius 3 is 2.62 bits per heavy atom. The van der Waals surface area contributed by atoms with Crippen molar-refractivity contribution in [1.29, 1.82) is 0 Å². The molecule has 1 aromatic carbocycles. The molecule has 0 radical (unpaired) electrons. The molecule has 1 aromatic rings. The molecule has 1 fully saturated rings. The van der Waals surface area contributed by atoms with Gasteiger partial charge in [-0.1, -0.05) is 38.3 Å². The molecule has 1 aliphatic carbocycles. The van der Waals surface area contributed by atoms with Crippen LogP contribution in [0.5, 0.6) is 0 Å². The van der Waals surface area contributed by atoms with E-state index in [4.69, 9.17) is 17.3 Å². The van der Waals surface area contributed by atoms with Gasteiger partial charge in [0.05, 0.1) is 5.56 Å². The van der Waals surface area contributed by atoms with Gasteiger partial charge in [-0.25, -0.2) is 0 Å². The van der Waals surface area contributed by atoms with Gasteiger partial charge in [-0.2, -0.15) is 0 Å². The van der Waals surface area contributed by atoms with Crippen molar-refractivity contribution in [3.63, 3.8) is 0 Å². The number of rotatable bonds is 5. The third-order valence-corrected chi connectivity index (χ3v) is 4.62. The number of anilines is 1. The molecular formula is C17H25ClN2O. The van der Waals surface area contributed by atoms with Crippen LogP contribution in [-0.4, -0.2) is 12.5 Å². The topological polar surface area (TPSA) is 55.1 Å². The number of benzene rings is 1. The van der Waals surface area contributed by atoms with Gasteiger partial charge in [0.2, 0.25) is 0 Å². The van der Waals surface area contributed by atoms with E-state index >= 15 is 0 Å². The zero-order valence-corrected chi connectivity index (χ0v) is 13.7. The standard InChI is InChI=1S/C17H25ClN2O/c1-12(2)10-17(7-3-4-8-17)11-20-16(21)14-6-5-13(18)9-15(14)19/h5-6,9,12H,3-4,7-8,10-11,19H2,1-2H3,(H,20,21). The number of nitrogens with two attached hydrogens (primary N) is 1. The van der Waals surface area contributed by atoms with E-state index in [1.807, 2.05) is 0 Å². The van der Waals surface area contributed by atoms with E-state index in [2.05, 4.69) is 19.2 Å². The normalized spacial score (nSPS) is 17.1. The predicted octanol–water partition coefficient (Wildman–Crippen LogP) is 4.26. The molecule has 0 saturated heterocycles. The summed E-state index contributed by atoms with van der Waals surface area (Å²) in [6.45, 7) is 5.24. The number of carbonyl (C=O) groups excluding carboxylic acids is 1. The minimum absolute atomic E-state index is 0.0980. The Hall–Kier alpha value is -1.22. The average molecular weight is 309 g/mol. The lowest BCUT2D eigenvalue weighted by atomic mass is 9.78. The van der Waals surface area contributed by atoms with Crippen molar-refractivity contribution < 1.29 is 4.79 Å². The lowest BCUT2D eigenvalue weighted by molar-refractivity contribution is 0.0922. The van der Waals surface area contributed by atoms with Gasteiger partial charge in [0.1, 0.15) is 0 Å². The molecule has 1 aliphatic rings. The quantitative estimate of drug-likeness (QED) is 0.799. The van der Waals surface area contributed by atoms with Crippen molar-refractivity contribution in [3.05, 3.63) is 28.8 Å². The zero-order chi connectivity index (χ0) is 15.5. The number of carbonyl (C=O) groups is 1. The third-order valence-electron chi connectivity index (χ3n) is 4.39. The number of amides is 1. The summed E-state index contributed by atoms with van der Waals surface area (Å²) in [5.74, 6) is 0.555. The van der Waals surface area contributed by atoms with E-state index in [0.717, 1.165) is 6.54 Å². The van der Waals surface area contributed by atoms with Gasteiger partial charge in [-0.3, -0.25) is 4.79 Å². The van der Waals surface area contributed by atoms with Crippen LogP contribution in [0.3, 0.4) is 0 Å². The summed E-state index contributed by atoms with van der Waals surface area (Å²) in [6, 6.07) is 5.01. The summed E-state index contributed by atoms with van der Waals surface area (Å²) in [7, 11) is 0. The molecule has 3 nitrogen and oxygen atoms in total. The Balaban J connectivity index is 2.02. The summed E-state index contributed by atoms with van der Waals surface area (Å²) in [6.07, 6.45) is 6.13. The number of halogens is 1. The monoisotopic (exact) mass is 308 g/mol. The molecule has 0 atom stereocenters. The molecule has 1 saturated carbocycles. The first-order chi connectivity index (χ1) is 9.92. The van der Waals surface area contributed by atoms with Crippen LogP contribution >= 0.6 is 11.6 Å². The van der Waals surface area contributed by atoms with Crippen molar-refractivity contribution in [2.75, 3.05) is 12.3 Å². The molecule has 21 heavy (non-hydrogen) atoms. The van der Waals surface area contributed by atoms with Crippen LogP contribution in [0, 0.1) is 11.3 Å². The molecule has 3 N–H and O–H groups in total. The highest BCUT2D eigenvalue weighted by atomic mass is 35.5. The Morgan fingerprint density at radius 1 is 1.38 bits per heavy atom. The molecule has 0 aliphatic heterocycles. The van der Waals surface area contributed by atoms with Gasteiger partial charge in [0, 0.05) is 17.3 Å². The molecule has 0 bridgehead atoms. The first-order valence-electron chi connectivity index (χ1n) is 7.75. The van der Waals surface area contributed by atoms with Crippen molar-refractivity contribution in [2.45, 2.75) is 46.0 Å². The van der Waals surface area contributed by atoms with Crippen molar-refractivity contribution in [3.8, 4) is 0 Å². The van der Waals surface area contributed by atoms with E-state index in [9.17, 15) is 4.79 Å². The maximum Gasteiger partial charge on any atom is 0.253 e. The number of hydrogen-bond acceptors (Lipinski definition) is 2. The Bertz CT molecular complexity index is 508. The highest BCUT2D eigenvalue weighted by Gasteiger charge is 2.34. The van der Waals surface area contributed by atoms with Gasteiger partial charge >= 0.3 is 0 Å². The number of nitrogen functional groups attached to an aromatic ring is 1. The van der Waals surface area contributed by atoms with E-state index in [1.54, 1.807) is 18.2 Å². The van der Waals surface area contributed by atoms with Crippen LogP contribution in [-0.2, 0) is 0 Å². The highest BCUT2D eigenvalue weighted by Crippen LogP contribution is 2.42. The summed E-state index contributed by atoms with van der Waals surface area (Å²) < 4.78 is 0. The van der Waals surface area contributed by atoms with E-state index in [1.165, 1.54) is 32.1 Å². The van der Waals surface area contributed by atoms with Gasteiger partial charge < -0.3 is 11.1 Å². The first-order valence-corrected chi connectivity index (χ1v) is 8.13. The maximum atomic E-state index is 12.3. The molecule has 2 rings (SSSR count). The van der Waals surface area contributed by atoms with Crippen LogP contribution in [0.1, 0.15) is 56.3 Å². The molecule has 0 spiro atoms. The van der Waals surface area contributed by atoms with Crippen molar-refractivity contribution in [2.24, 2.45) is 11.3 Å². The lowest BCUT2D eigenvalue weighted by Gasteiger charge is -2.31. The molecule has 1 amide bonds. The highest BCUT2D eigenvalue weighted by molar-refractivity contribution is 6.31. The second-order valence-corrected chi connectivity index (χ2v) is 7.16. The SMILES string of the molecule is CC(C)CC1(CNC(=O)c2ccc(Cl)cc2N)CCCC1. The molecule has 0 unspecified atom stereocenters. The second-order valence-electron chi connectivity index (χ2n) is 6.72. The fraction of sp³-hybridized carbons (Fsp3) is 0.588. The van der Waals surface area contributed by atoms with Gasteiger partial charge in [-0.15, -0.1) is 0 Å². The largest absolute Gasteiger partial charge is 0.398 e. The smallest absolute Gasteiger partial charge is 0.253 e. The van der Waals surface area contributed by atoms with Crippen molar-refractivity contribution >= 4 is 23.2 Å². The molecule has 0 aromatic heterocycles. The molecule has 4 heteroatoms. The Labute approximate surface area is 132 Å². The average Bonchev–Trinajstić information content (AvgIpc) is 2.84. The second kappa shape index (κ2) is 6.69. The van der Waals surface area contributed by atoms with E-state index < -0.39 is 0 Å². The predicted molar refractivity (Wildman–Crippen MR) is 88.6 cm³/mol. The van der Waals surface area contributed by atoms with Crippen LogP contribution in [0.25, 0.3) is 0 Å². The summed E-state index contributed by atoms with van der Waals surface area (Å²) in [4.78, 5) is 12.3. The van der Waals surface area contributed by atoms with Gasteiger partial charge in [0.25, 0.3) is 5.91 Å². The maximum absolute atomic E-state index is 12.3. The third kappa shape index (κ3) is 4.13. The molecule has 0 heterocycles.